The lowest BCUT2D eigenvalue weighted by molar-refractivity contribution is -0.119. The predicted octanol–water partition coefficient (Wildman–Crippen LogP) is -0.757. The fourth-order valence-corrected chi connectivity index (χ4v) is 1.87. The first kappa shape index (κ1) is 10.9. The smallest absolute Gasteiger partial charge is 0.318 e. The molecular formula is C9H15N5O2. The number of carbonyl (C=O) groups is 1. The van der Waals surface area contributed by atoms with E-state index in [0.29, 0.717) is 18.5 Å². The normalized spacial score (nSPS) is 20.3. The van der Waals surface area contributed by atoms with Crippen LogP contribution in [0.4, 0.5) is 6.01 Å². The molecule has 0 bridgehead atoms. The molecule has 0 spiro atoms. The van der Waals surface area contributed by atoms with Crippen LogP contribution in [0.2, 0.25) is 0 Å². The Morgan fingerprint density at radius 1 is 1.69 bits per heavy atom. The molecule has 1 unspecified atom stereocenters. The number of anilines is 1. The number of nitrogens with zero attached hydrogens (tertiary/aromatic N) is 3. The van der Waals surface area contributed by atoms with Crippen molar-refractivity contribution in [1.82, 2.24) is 15.5 Å². The van der Waals surface area contributed by atoms with Gasteiger partial charge in [0, 0.05) is 6.54 Å². The molecule has 0 radical (unpaired) electrons. The molecule has 1 amide bonds. The molecule has 88 valence electrons. The molecule has 7 heteroatoms. The molecule has 1 fully saturated rings. The van der Waals surface area contributed by atoms with Gasteiger partial charge in [-0.2, -0.15) is 0 Å². The van der Waals surface area contributed by atoms with Gasteiger partial charge >= 0.3 is 6.01 Å². The highest BCUT2D eigenvalue weighted by Crippen LogP contribution is 2.23. The van der Waals surface area contributed by atoms with E-state index in [1.54, 1.807) is 11.9 Å². The van der Waals surface area contributed by atoms with E-state index < -0.39 is 0 Å². The average Bonchev–Trinajstić information content (AvgIpc) is 2.83. The molecule has 1 aliphatic heterocycles. The van der Waals surface area contributed by atoms with Gasteiger partial charge in [-0.3, -0.25) is 4.79 Å². The first-order valence-corrected chi connectivity index (χ1v) is 5.25. The van der Waals surface area contributed by atoms with Crippen LogP contribution in [0.15, 0.2) is 4.42 Å². The maximum Gasteiger partial charge on any atom is 0.318 e. The lowest BCUT2D eigenvalue weighted by Crippen LogP contribution is -2.40. The molecule has 3 N–H and O–H groups in total. The van der Waals surface area contributed by atoms with E-state index in [2.05, 4.69) is 15.5 Å². The van der Waals surface area contributed by atoms with E-state index in [9.17, 15) is 4.79 Å². The van der Waals surface area contributed by atoms with Crippen LogP contribution in [0, 0.1) is 0 Å². The van der Waals surface area contributed by atoms with Gasteiger partial charge in [0.25, 0.3) is 0 Å². The van der Waals surface area contributed by atoms with Crippen molar-refractivity contribution in [3.63, 3.8) is 0 Å². The summed E-state index contributed by atoms with van der Waals surface area (Å²) in [6.07, 6.45) is 1.66. The Hall–Kier alpha value is -1.63. The van der Waals surface area contributed by atoms with Crippen molar-refractivity contribution in [2.45, 2.75) is 25.4 Å². The minimum Gasteiger partial charge on any atom is -0.407 e. The summed E-state index contributed by atoms with van der Waals surface area (Å²) in [6.45, 7) is 1.25. The summed E-state index contributed by atoms with van der Waals surface area (Å²) in [7, 11) is 1.80. The maximum atomic E-state index is 11.2. The van der Waals surface area contributed by atoms with E-state index in [1.807, 2.05) is 0 Å². The van der Waals surface area contributed by atoms with Crippen molar-refractivity contribution >= 4 is 11.9 Å². The largest absolute Gasteiger partial charge is 0.407 e. The zero-order valence-corrected chi connectivity index (χ0v) is 9.14. The van der Waals surface area contributed by atoms with E-state index in [4.69, 9.17) is 10.2 Å². The van der Waals surface area contributed by atoms with Crippen molar-refractivity contribution in [3.8, 4) is 0 Å². The molecule has 0 aliphatic carbocycles. The lowest BCUT2D eigenvalue weighted by atomic mass is 10.2. The number of aromatic nitrogens is 2. The third kappa shape index (κ3) is 1.99. The summed E-state index contributed by atoms with van der Waals surface area (Å²) in [4.78, 5) is 13.0. The summed E-state index contributed by atoms with van der Waals surface area (Å²) >= 11 is 0. The third-order valence-corrected chi connectivity index (χ3v) is 2.61. The van der Waals surface area contributed by atoms with Gasteiger partial charge in [-0.25, -0.2) is 0 Å². The molecule has 2 rings (SSSR count). The van der Waals surface area contributed by atoms with Crippen LogP contribution in [0.5, 0.6) is 0 Å². The van der Waals surface area contributed by atoms with Gasteiger partial charge in [0.2, 0.25) is 11.8 Å². The van der Waals surface area contributed by atoms with Crippen molar-refractivity contribution in [1.29, 1.82) is 0 Å². The van der Waals surface area contributed by atoms with Crippen molar-refractivity contribution in [2.24, 2.45) is 5.73 Å². The number of rotatable bonds is 4. The van der Waals surface area contributed by atoms with Crippen LogP contribution in [0.1, 0.15) is 18.7 Å². The first-order chi connectivity index (χ1) is 7.72. The van der Waals surface area contributed by atoms with E-state index in [1.165, 1.54) is 0 Å². The molecule has 16 heavy (non-hydrogen) atoms. The van der Waals surface area contributed by atoms with E-state index in [-0.39, 0.29) is 11.9 Å². The zero-order valence-electron chi connectivity index (χ0n) is 9.14. The minimum atomic E-state index is -0.342. The first-order valence-electron chi connectivity index (χ1n) is 5.25. The van der Waals surface area contributed by atoms with E-state index in [0.717, 1.165) is 19.4 Å². The molecule has 2 heterocycles. The van der Waals surface area contributed by atoms with Gasteiger partial charge in [0.1, 0.15) is 6.04 Å². The monoisotopic (exact) mass is 225 g/mol. The Bertz CT molecular complexity index is 378. The van der Waals surface area contributed by atoms with Crippen LogP contribution in [-0.2, 0) is 11.3 Å². The molecule has 0 aromatic carbocycles. The quantitative estimate of drug-likeness (QED) is 0.699. The SMILES string of the molecule is CNCc1nnc(N2CCCC2C(N)=O)o1. The van der Waals surface area contributed by atoms with Crippen LogP contribution >= 0.6 is 0 Å². The Morgan fingerprint density at radius 2 is 2.50 bits per heavy atom. The van der Waals surface area contributed by atoms with Gasteiger partial charge < -0.3 is 20.4 Å². The number of carbonyl (C=O) groups excluding carboxylic acids is 1. The second kappa shape index (κ2) is 4.48. The zero-order chi connectivity index (χ0) is 11.5. The molecular weight excluding hydrogens is 210 g/mol. The van der Waals surface area contributed by atoms with Crippen molar-refractivity contribution in [2.75, 3.05) is 18.5 Å². The molecule has 1 atom stereocenters. The summed E-state index contributed by atoms with van der Waals surface area (Å²) < 4.78 is 5.42. The van der Waals surface area contributed by atoms with Gasteiger partial charge in [-0.05, 0) is 19.9 Å². The number of primary amides is 1. The Morgan fingerprint density at radius 3 is 3.19 bits per heavy atom. The fraction of sp³-hybridized carbons (Fsp3) is 0.667. The second-order valence-corrected chi connectivity index (χ2v) is 3.76. The number of hydrogen-bond acceptors (Lipinski definition) is 6. The highest BCUT2D eigenvalue weighted by Gasteiger charge is 2.32. The summed E-state index contributed by atoms with van der Waals surface area (Å²) in [5.74, 6) is 0.165. The van der Waals surface area contributed by atoms with Crippen molar-refractivity contribution < 1.29 is 9.21 Å². The van der Waals surface area contributed by atoms with Crippen LogP contribution in [0.25, 0.3) is 0 Å². The van der Waals surface area contributed by atoms with E-state index >= 15 is 0 Å². The molecule has 1 aromatic heterocycles. The molecule has 1 aliphatic rings. The van der Waals surface area contributed by atoms with Crippen LogP contribution < -0.4 is 16.0 Å². The second-order valence-electron chi connectivity index (χ2n) is 3.76. The summed E-state index contributed by atoms with van der Waals surface area (Å²) in [5.41, 5.74) is 5.31. The summed E-state index contributed by atoms with van der Waals surface area (Å²) in [5, 5.41) is 10.7. The Balaban J connectivity index is 2.13. The highest BCUT2D eigenvalue weighted by molar-refractivity contribution is 5.83. The number of hydrogen-bond donors (Lipinski definition) is 2. The maximum absolute atomic E-state index is 11.2. The molecule has 1 aromatic rings. The average molecular weight is 225 g/mol. The molecule has 7 nitrogen and oxygen atoms in total. The number of nitrogens with one attached hydrogen (secondary N) is 1. The topological polar surface area (TPSA) is 97.3 Å². The van der Waals surface area contributed by atoms with Crippen LogP contribution in [0.3, 0.4) is 0 Å². The predicted molar refractivity (Wildman–Crippen MR) is 56.6 cm³/mol. The highest BCUT2D eigenvalue weighted by atomic mass is 16.4. The Kier molecular flexibility index (Phi) is 3.04. The lowest BCUT2D eigenvalue weighted by Gasteiger charge is -2.18. The fourth-order valence-electron chi connectivity index (χ4n) is 1.87. The summed E-state index contributed by atoms with van der Waals surface area (Å²) in [6, 6.07) is 0.0643. The third-order valence-electron chi connectivity index (χ3n) is 2.61. The molecule has 0 saturated carbocycles. The van der Waals surface area contributed by atoms with Gasteiger partial charge in [0.15, 0.2) is 0 Å². The number of amides is 1. The van der Waals surface area contributed by atoms with Gasteiger partial charge in [-0.15, -0.1) is 5.10 Å². The Labute approximate surface area is 93.0 Å². The van der Waals surface area contributed by atoms with Crippen molar-refractivity contribution in [3.05, 3.63) is 5.89 Å². The standard InChI is InChI=1S/C9H15N5O2/c1-11-5-7-12-13-9(16-7)14-4-2-3-6(14)8(10)15/h6,11H,2-5H2,1H3,(H2,10,15). The molecule has 1 saturated heterocycles. The van der Waals surface area contributed by atoms with Gasteiger partial charge in [-0.1, -0.05) is 5.10 Å². The van der Waals surface area contributed by atoms with Crippen LogP contribution in [-0.4, -0.2) is 35.7 Å². The minimum absolute atomic E-state index is 0.317. The van der Waals surface area contributed by atoms with Gasteiger partial charge in [0.05, 0.1) is 6.54 Å². The number of nitrogens with two attached hydrogens (primary N) is 1.